The monoisotopic (exact) mass is 387 g/mol. The maximum Gasteiger partial charge on any atom is 0.143 e. The predicted molar refractivity (Wildman–Crippen MR) is 110 cm³/mol. The minimum atomic E-state index is -0.806. The van der Waals surface area contributed by atoms with E-state index in [4.69, 9.17) is 5.26 Å². The van der Waals surface area contributed by atoms with Crippen LogP contribution in [0.5, 0.6) is 0 Å². The Morgan fingerprint density at radius 1 is 0.828 bits per heavy atom. The van der Waals surface area contributed by atoms with Gasteiger partial charge >= 0.3 is 0 Å². The van der Waals surface area contributed by atoms with Gasteiger partial charge in [-0.2, -0.15) is 5.26 Å². The van der Waals surface area contributed by atoms with Gasteiger partial charge in [-0.15, -0.1) is 0 Å². The molecule has 0 saturated heterocycles. The van der Waals surface area contributed by atoms with Crippen LogP contribution in [0.15, 0.2) is 48.0 Å². The second kappa shape index (κ2) is 8.62. The van der Waals surface area contributed by atoms with Gasteiger partial charge in [0.15, 0.2) is 0 Å². The SMILES string of the molecule is N#Cc1cc(F)c(C#Cc2ccc(C3CCC(C4=CCCC4)CC3)cc2)c(F)c1. The summed E-state index contributed by atoms with van der Waals surface area (Å²) in [6.07, 6.45) is 11.3. The second-order valence-electron chi connectivity index (χ2n) is 8.02. The first-order valence-electron chi connectivity index (χ1n) is 10.3. The average Bonchev–Trinajstić information content (AvgIpc) is 3.28. The zero-order valence-electron chi connectivity index (χ0n) is 16.3. The molecule has 2 aromatic rings. The van der Waals surface area contributed by atoms with Crippen molar-refractivity contribution in [1.82, 2.24) is 0 Å². The van der Waals surface area contributed by atoms with Crippen LogP contribution in [0.4, 0.5) is 8.78 Å². The molecule has 2 aliphatic rings. The van der Waals surface area contributed by atoms with Crippen LogP contribution in [-0.2, 0) is 0 Å². The summed E-state index contributed by atoms with van der Waals surface area (Å²) in [6.45, 7) is 0. The zero-order valence-corrected chi connectivity index (χ0v) is 16.3. The number of hydrogen-bond acceptors (Lipinski definition) is 1. The van der Waals surface area contributed by atoms with Crippen molar-refractivity contribution in [3.05, 3.63) is 81.9 Å². The van der Waals surface area contributed by atoms with Crippen molar-refractivity contribution in [2.45, 2.75) is 50.9 Å². The molecule has 0 aromatic heterocycles. The second-order valence-corrected chi connectivity index (χ2v) is 8.02. The highest BCUT2D eigenvalue weighted by Crippen LogP contribution is 2.41. The quantitative estimate of drug-likeness (QED) is 0.420. The van der Waals surface area contributed by atoms with E-state index in [2.05, 4.69) is 30.0 Å². The number of nitriles is 1. The van der Waals surface area contributed by atoms with Crippen LogP contribution in [0.1, 0.15) is 73.1 Å². The van der Waals surface area contributed by atoms with Gasteiger partial charge in [0, 0.05) is 5.56 Å². The highest BCUT2D eigenvalue weighted by Gasteiger charge is 2.25. The summed E-state index contributed by atoms with van der Waals surface area (Å²) in [6, 6.07) is 11.8. The fourth-order valence-electron chi connectivity index (χ4n) is 4.59. The Bertz CT molecular complexity index is 1000. The molecule has 0 bridgehead atoms. The predicted octanol–water partition coefficient (Wildman–Crippen LogP) is 6.62. The van der Waals surface area contributed by atoms with Gasteiger partial charge in [0.1, 0.15) is 11.6 Å². The minimum Gasteiger partial charge on any atom is -0.205 e. The maximum absolute atomic E-state index is 14.0. The average molecular weight is 387 g/mol. The summed E-state index contributed by atoms with van der Waals surface area (Å²) in [7, 11) is 0. The van der Waals surface area contributed by atoms with Crippen molar-refractivity contribution in [2.75, 3.05) is 0 Å². The Morgan fingerprint density at radius 3 is 2.07 bits per heavy atom. The zero-order chi connectivity index (χ0) is 20.2. The molecule has 0 aliphatic heterocycles. The lowest BCUT2D eigenvalue weighted by Gasteiger charge is -2.29. The van der Waals surface area contributed by atoms with E-state index in [1.54, 1.807) is 11.6 Å². The largest absolute Gasteiger partial charge is 0.205 e. The molecule has 0 unspecified atom stereocenters. The number of allylic oxidation sites excluding steroid dienone is 2. The summed E-state index contributed by atoms with van der Waals surface area (Å²) < 4.78 is 27.9. The minimum absolute atomic E-state index is 0.0474. The number of benzene rings is 2. The van der Waals surface area contributed by atoms with Crippen molar-refractivity contribution in [3.8, 4) is 17.9 Å². The molecule has 0 N–H and O–H groups in total. The Hall–Kier alpha value is -2.91. The molecule has 0 radical (unpaired) electrons. The van der Waals surface area contributed by atoms with Crippen LogP contribution >= 0.6 is 0 Å². The Labute approximate surface area is 171 Å². The van der Waals surface area contributed by atoms with Gasteiger partial charge in [0.25, 0.3) is 0 Å². The Kier molecular flexibility index (Phi) is 5.77. The van der Waals surface area contributed by atoms with Gasteiger partial charge in [-0.05, 0) is 86.6 Å². The first kappa shape index (κ1) is 19.4. The summed E-state index contributed by atoms with van der Waals surface area (Å²) in [5.41, 5.74) is 3.39. The van der Waals surface area contributed by atoms with Gasteiger partial charge in [0.05, 0.1) is 17.2 Å². The van der Waals surface area contributed by atoms with Crippen molar-refractivity contribution < 1.29 is 8.78 Å². The summed E-state index contributed by atoms with van der Waals surface area (Å²) in [4.78, 5) is 0. The lowest BCUT2D eigenvalue weighted by molar-refractivity contribution is 0.359. The van der Waals surface area contributed by atoms with E-state index in [9.17, 15) is 8.78 Å². The number of hydrogen-bond donors (Lipinski definition) is 0. The molecule has 0 spiro atoms. The topological polar surface area (TPSA) is 23.8 Å². The van der Waals surface area contributed by atoms with Crippen LogP contribution < -0.4 is 0 Å². The molecule has 2 aliphatic carbocycles. The van der Waals surface area contributed by atoms with Gasteiger partial charge in [-0.3, -0.25) is 0 Å². The lowest BCUT2D eigenvalue weighted by Crippen LogP contribution is -2.14. The molecule has 0 heterocycles. The Balaban J connectivity index is 1.42. The van der Waals surface area contributed by atoms with Crippen LogP contribution in [0, 0.1) is 40.7 Å². The van der Waals surface area contributed by atoms with Crippen molar-refractivity contribution in [2.24, 2.45) is 5.92 Å². The van der Waals surface area contributed by atoms with Crippen LogP contribution in [0.3, 0.4) is 0 Å². The summed E-state index contributed by atoms with van der Waals surface area (Å²) in [5, 5.41) is 8.77. The van der Waals surface area contributed by atoms with E-state index in [0.717, 1.165) is 23.6 Å². The normalized spacial score (nSPS) is 21.1. The van der Waals surface area contributed by atoms with Crippen molar-refractivity contribution in [3.63, 3.8) is 0 Å². The molecular formula is C26H23F2N. The van der Waals surface area contributed by atoms with E-state index in [1.165, 1.54) is 50.5 Å². The number of nitrogens with zero attached hydrogens (tertiary/aromatic N) is 1. The van der Waals surface area contributed by atoms with Crippen LogP contribution in [-0.4, -0.2) is 0 Å². The molecule has 29 heavy (non-hydrogen) atoms. The lowest BCUT2D eigenvalue weighted by atomic mass is 9.76. The van der Waals surface area contributed by atoms with Crippen molar-refractivity contribution in [1.29, 1.82) is 5.26 Å². The van der Waals surface area contributed by atoms with E-state index in [0.29, 0.717) is 5.92 Å². The molecular weight excluding hydrogens is 364 g/mol. The van der Waals surface area contributed by atoms with E-state index in [1.807, 2.05) is 12.1 Å². The highest BCUT2D eigenvalue weighted by molar-refractivity contribution is 5.47. The Morgan fingerprint density at radius 2 is 1.48 bits per heavy atom. The van der Waals surface area contributed by atoms with E-state index < -0.39 is 11.6 Å². The summed E-state index contributed by atoms with van der Waals surface area (Å²) >= 11 is 0. The van der Waals surface area contributed by atoms with Gasteiger partial charge in [-0.25, -0.2) is 8.78 Å². The molecule has 146 valence electrons. The molecule has 2 aromatic carbocycles. The van der Waals surface area contributed by atoms with Crippen LogP contribution in [0.2, 0.25) is 0 Å². The smallest absolute Gasteiger partial charge is 0.143 e. The molecule has 4 rings (SSSR count). The third-order valence-electron chi connectivity index (χ3n) is 6.21. The van der Waals surface area contributed by atoms with Gasteiger partial charge in [-0.1, -0.05) is 35.6 Å². The van der Waals surface area contributed by atoms with E-state index >= 15 is 0 Å². The molecule has 1 fully saturated rings. The fourth-order valence-corrected chi connectivity index (χ4v) is 4.59. The van der Waals surface area contributed by atoms with Crippen LogP contribution in [0.25, 0.3) is 0 Å². The maximum atomic E-state index is 14.0. The van der Waals surface area contributed by atoms with Crippen molar-refractivity contribution >= 4 is 0 Å². The molecule has 0 amide bonds. The highest BCUT2D eigenvalue weighted by atomic mass is 19.1. The molecule has 1 nitrogen and oxygen atoms in total. The third kappa shape index (κ3) is 4.41. The van der Waals surface area contributed by atoms with Gasteiger partial charge < -0.3 is 0 Å². The first-order valence-corrected chi connectivity index (χ1v) is 10.3. The molecule has 3 heteroatoms. The first-order chi connectivity index (χ1) is 14.1. The molecule has 0 atom stereocenters. The summed E-state index contributed by atoms with van der Waals surface area (Å²) in [5.74, 6) is 5.17. The number of rotatable bonds is 2. The molecule has 1 saturated carbocycles. The van der Waals surface area contributed by atoms with E-state index in [-0.39, 0.29) is 11.1 Å². The fraction of sp³-hybridized carbons (Fsp3) is 0.346. The standard InChI is InChI=1S/C26H23F2N/c27-25-15-19(17-29)16-26(28)24(25)14-7-18-5-8-21(9-6-18)23-12-10-22(11-13-23)20-3-1-2-4-20/h3,5-6,8-9,15-16,22-23H,1-2,4,10-13H2. The third-order valence-corrected chi connectivity index (χ3v) is 6.21. The number of halogens is 2. The van der Waals surface area contributed by atoms with Gasteiger partial charge in [0.2, 0.25) is 0 Å².